The van der Waals surface area contributed by atoms with Gasteiger partial charge in [0.15, 0.2) is 0 Å². The van der Waals surface area contributed by atoms with E-state index in [1.165, 1.54) is 0 Å². The number of ether oxygens (including phenoxy) is 1. The molecule has 0 aliphatic carbocycles. The number of nitrogens with one attached hydrogen (secondary N) is 1. The predicted molar refractivity (Wildman–Crippen MR) is 134 cm³/mol. The van der Waals surface area contributed by atoms with E-state index in [4.69, 9.17) is 16.3 Å². The number of para-hydroxylation sites is 2. The summed E-state index contributed by atoms with van der Waals surface area (Å²) in [5.41, 5.74) is 6.89. The summed E-state index contributed by atoms with van der Waals surface area (Å²) < 4.78 is 9.69. The molecule has 4 rings (SSSR count). The highest BCUT2D eigenvalue weighted by atomic mass is 79.9. The number of anilines is 1. The molecule has 0 radical (unpaired) electrons. The first kappa shape index (κ1) is 21.9. The number of fused-ring (bicyclic) bond motifs is 1. The molecule has 158 valence electrons. The van der Waals surface area contributed by atoms with E-state index < -0.39 is 0 Å². The van der Waals surface area contributed by atoms with Crippen LogP contribution in [0.3, 0.4) is 0 Å². The van der Waals surface area contributed by atoms with Gasteiger partial charge < -0.3 is 9.30 Å². The van der Waals surface area contributed by atoms with Crippen LogP contribution < -0.4 is 10.2 Å². The monoisotopic (exact) mass is 560 g/mol. The summed E-state index contributed by atoms with van der Waals surface area (Å²) in [6.45, 7) is 3.25. The maximum absolute atomic E-state index is 6.22. The van der Waals surface area contributed by atoms with Gasteiger partial charge in [-0.25, -0.2) is 10.4 Å². The highest BCUT2D eigenvalue weighted by molar-refractivity contribution is 9.11. The lowest BCUT2D eigenvalue weighted by Gasteiger charge is -2.12. The van der Waals surface area contributed by atoms with E-state index in [2.05, 4.69) is 64.9 Å². The SMILES string of the molecule is CCn1c(N/N=C\c2cc(Br)c(OCc3ccccc3Cl)c(Br)c2)nc2ccccc21. The number of hydrogen-bond acceptors (Lipinski definition) is 4. The Morgan fingerprint density at radius 1 is 1.10 bits per heavy atom. The molecule has 0 spiro atoms. The summed E-state index contributed by atoms with van der Waals surface area (Å²) in [4.78, 5) is 4.61. The van der Waals surface area contributed by atoms with Crippen molar-refractivity contribution in [2.75, 3.05) is 5.43 Å². The van der Waals surface area contributed by atoms with Crippen molar-refractivity contribution in [3.05, 3.63) is 85.8 Å². The van der Waals surface area contributed by atoms with E-state index in [0.29, 0.717) is 23.3 Å². The normalized spacial score (nSPS) is 11.4. The van der Waals surface area contributed by atoms with E-state index in [1.807, 2.05) is 54.6 Å². The first-order valence-electron chi connectivity index (χ1n) is 9.66. The highest BCUT2D eigenvalue weighted by Gasteiger charge is 2.11. The molecule has 31 heavy (non-hydrogen) atoms. The third-order valence-corrected chi connectivity index (χ3v) is 6.25. The minimum Gasteiger partial charge on any atom is -0.486 e. The van der Waals surface area contributed by atoms with Crippen molar-refractivity contribution in [3.8, 4) is 5.75 Å². The second-order valence-electron chi connectivity index (χ2n) is 6.73. The molecule has 3 aromatic carbocycles. The molecule has 0 unspecified atom stereocenters. The van der Waals surface area contributed by atoms with Gasteiger partial charge in [-0.1, -0.05) is 41.9 Å². The number of benzene rings is 3. The van der Waals surface area contributed by atoms with E-state index >= 15 is 0 Å². The van der Waals surface area contributed by atoms with E-state index in [1.54, 1.807) is 6.21 Å². The fourth-order valence-corrected chi connectivity index (χ4v) is 4.84. The summed E-state index contributed by atoms with van der Waals surface area (Å²) in [6, 6.07) is 19.6. The third kappa shape index (κ3) is 4.95. The topological polar surface area (TPSA) is 51.4 Å². The number of imidazole rings is 1. The Hall–Kier alpha value is -2.35. The van der Waals surface area contributed by atoms with Crippen LogP contribution in [0, 0.1) is 0 Å². The lowest BCUT2D eigenvalue weighted by atomic mass is 10.2. The zero-order valence-electron chi connectivity index (χ0n) is 16.6. The minimum absolute atomic E-state index is 0.374. The molecule has 0 saturated heterocycles. The van der Waals surface area contributed by atoms with Gasteiger partial charge in [-0.3, -0.25) is 0 Å². The van der Waals surface area contributed by atoms with Gasteiger partial charge in [0.05, 0.1) is 26.2 Å². The van der Waals surface area contributed by atoms with E-state index in [-0.39, 0.29) is 0 Å². The van der Waals surface area contributed by atoms with Crippen LogP contribution in [0.25, 0.3) is 11.0 Å². The van der Waals surface area contributed by atoms with Crippen molar-refractivity contribution in [2.45, 2.75) is 20.1 Å². The van der Waals surface area contributed by atoms with Crippen LogP contribution in [-0.4, -0.2) is 15.8 Å². The molecule has 1 aromatic heterocycles. The number of aryl methyl sites for hydroxylation is 1. The maximum atomic E-state index is 6.22. The fourth-order valence-electron chi connectivity index (χ4n) is 3.20. The number of hydrazone groups is 1. The van der Waals surface area contributed by atoms with Gasteiger partial charge in [0.2, 0.25) is 5.95 Å². The van der Waals surface area contributed by atoms with Crippen molar-refractivity contribution in [3.63, 3.8) is 0 Å². The van der Waals surface area contributed by atoms with Crippen LogP contribution in [0.2, 0.25) is 5.02 Å². The number of nitrogens with zero attached hydrogens (tertiary/aromatic N) is 3. The summed E-state index contributed by atoms with van der Waals surface area (Å²) in [5, 5.41) is 5.06. The molecule has 0 atom stereocenters. The molecule has 1 heterocycles. The Morgan fingerprint density at radius 3 is 2.55 bits per heavy atom. The number of rotatable bonds is 7. The quantitative estimate of drug-likeness (QED) is 0.191. The van der Waals surface area contributed by atoms with Gasteiger partial charge in [0.25, 0.3) is 0 Å². The summed E-state index contributed by atoms with van der Waals surface area (Å²) in [5.74, 6) is 1.41. The molecule has 0 saturated carbocycles. The molecule has 0 aliphatic rings. The zero-order chi connectivity index (χ0) is 21.8. The van der Waals surface area contributed by atoms with Crippen molar-refractivity contribution < 1.29 is 4.74 Å². The van der Waals surface area contributed by atoms with Crippen molar-refractivity contribution in [2.24, 2.45) is 5.10 Å². The molecule has 0 aliphatic heterocycles. The molecule has 0 fully saturated rings. The minimum atomic E-state index is 0.374. The van der Waals surface area contributed by atoms with Crippen LogP contribution in [0.5, 0.6) is 5.75 Å². The smallest absolute Gasteiger partial charge is 0.224 e. The van der Waals surface area contributed by atoms with Crippen molar-refractivity contribution >= 4 is 66.7 Å². The molecular formula is C23H19Br2ClN4O. The average Bonchev–Trinajstić information content (AvgIpc) is 3.11. The summed E-state index contributed by atoms with van der Waals surface area (Å²) in [6.07, 6.45) is 1.74. The van der Waals surface area contributed by atoms with Crippen LogP contribution in [-0.2, 0) is 13.2 Å². The van der Waals surface area contributed by atoms with Crippen molar-refractivity contribution in [1.82, 2.24) is 9.55 Å². The Kier molecular flexibility index (Phi) is 6.95. The summed E-state index contributed by atoms with van der Waals surface area (Å²) in [7, 11) is 0. The van der Waals surface area contributed by atoms with Crippen molar-refractivity contribution in [1.29, 1.82) is 0 Å². The Balaban J connectivity index is 1.48. The van der Waals surface area contributed by atoms with Crippen LogP contribution in [0.1, 0.15) is 18.1 Å². The van der Waals surface area contributed by atoms with Gasteiger partial charge in [-0.05, 0) is 74.7 Å². The van der Waals surface area contributed by atoms with Gasteiger partial charge in [0.1, 0.15) is 12.4 Å². The van der Waals surface area contributed by atoms with E-state index in [9.17, 15) is 0 Å². The number of hydrogen-bond donors (Lipinski definition) is 1. The highest BCUT2D eigenvalue weighted by Crippen LogP contribution is 2.35. The number of aromatic nitrogens is 2. The molecule has 8 heteroatoms. The molecule has 0 amide bonds. The largest absolute Gasteiger partial charge is 0.486 e. The Bertz CT molecular complexity index is 1230. The molecular weight excluding hydrogens is 544 g/mol. The summed E-state index contributed by atoms with van der Waals surface area (Å²) >= 11 is 13.4. The van der Waals surface area contributed by atoms with Gasteiger partial charge in [-0.2, -0.15) is 5.10 Å². The molecule has 0 bridgehead atoms. The zero-order valence-corrected chi connectivity index (χ0v) is 20.6. The first-order chi connectivity index (χ1) is 15.1. The van der Waals surface area contributed by atoms with Crippen LogP contribution in [0.15, 0.2) is 74.7 Å². The van der Waals surface area contributed by atoms with Gasteiger partial charge in [0, 0.05) is 17.1 Å². The molecule has 5 nitrogen and oxygen atoms in total. The van der Waals surface area contributed by atoms with Crippen LogP contribution in [0.4, 0.5) is 5.95 Å². The lowest BCUT2D eigenvalue weighted by Crippen LogP contribution is -2.02. The lowest BCUT2D eigenvalue weighted by molar-refractivity contribution is 0.302. The third-order valence-electron chi connectivity index (χ3n) is 4.70. The maximum Gasteiger partial charge on any atom is 0.224 e. The van der Waals surface area contributed by atoms with E-state index in [0.717, 1.165) is 37.7 Å². The Morgan fingerprint density at radius 2 is 1.81 bits per heavy atom. The molecule has 1 N–H and O–H groups in total. The Labute approximate surface area is 202 Å². The van der Waals surface area contributed by atoms with Crippen LogP contribution >= 0.6 is 43.5 Å². The van der Waals surface area contributed by atoms with Gasteiger partial charge in [-0.15, -0.1) is 0 Å². The second-order valence-corrected chi connectivity index (χ2v) is 8.85. The second kappa shape index (κ2) is 9.85. The number of halogens is 3. The predicted octanol–water partition coefficient (Wildman–Crippen LogP) is 7.26. The van der Waals surface area contributed by atoms with Gasteiger partial charge >= 0.3 is 0 Å². The molecule has 4 aromatic rings. The average molecular weight is 563 g/mol. The standard InChI is InChI=1S/C23H19Br2ClN4O/c1-2-30-21-10-6-5-9-20(21)28-23(30)29-27-13-15-11-17(24)22(18(25)12-15)31-14-16-7-3-4-8-19(16)26/h3-13H,2,14H2,1H3,(H,28,29)/b27-13-. The first-order valence-corrected chi connectivity index (χ1v) is 11.6. The fraction of sp³-hybridized carbons (Fsp3) is 0.130.